The van der Waals surface area contributed by atoms with Crippen molar-refractivity contribution in [1.29, 1.82) is 0 Å². The number of rotatable bonds is 6. The van der Waals surface area contributed by atoms with E-state index in [0.717, 1.165) is 23.5 Å². The van der Waals surface area contributed by atoms with Crippen LogP contribution >= 0.6 is 24.0 Å². The van der Waals surface area contributed by atoms with Crippen molar-refractivity contribution < 1.29 is 4.74 Å². The Morgan fingerprint density at radius 1 is 1.19 bits per heavy atom. The molecular weight excluding hydrogens is 441 g/mol. The number of nitrogens with two attached hydrogens (primary N) is 1. The molecule has 0 aliphatic carbocycles. The molecule has 1 aromatic heterocycles. The summed E-state index contributed by atoms with van der Waals surface area (Å²) in [6, 6.07) is 17.7. The lowest BCUT2D eigenvalue weighted by Gasteiger charge is -2.07. The minimum atomic E-state index is 0. The van der Waals surface area contributed by atoms with Gasteiger partial charge in [0.25, 0.3) is 0 Å². The lowest BCUT2D eigenvalue weighted by atomic mass is 10.1. The average Bonchev–Trinajstić information content (AvgIpc) is 3.17. The predicted octanol–water partition coefficient (Wildman–Crippen LogP) is 3.47. The summed E-state index contributed by atoms with van der Waals surface area (Å²) >= 11 is 0. The van der Waals surface area contributed by atoms with E-state index in [2.05, 4.69) is 27.5 Å². The van der Waals surface area contributed by atoms with E-state index < -0.39 is 0 Å². The molecule has 0 saturated carbocycles. The first-order chi connectivity index (χ1) is 12.2. The third kappa shape index (κ3) is 5.48. The molecule has 1 heterocycles. The van der Waals surface area contributed by atoms with Gasteiger partial charge in [0.05, 0.1) is 12.8 Å². The fourth-order valence-corrected chi connectivity index (χ4v) is 2.43. The first-order valence-corrected chi connectivity index (χ1v) is 8.04. The van der Waals surface area contributed by atoms with E-state index in [1.807, 2.05) is 53.3 Å². The lowest BCUT2D eigenvalue weighted by molar-refractivity contribution is 0.415. The molecule has 0 aliphatic rings. The molecule has 0 fully saturated rings. The maximum Gasteiger partial charge on any atom is 0.193 e. The second-order valence-electron chi connectivity index (χ2n) is 5.49. The van der Waals surface area contributed by atoms with Crippen LogP contribution in [0.2, 0.25) is 0 Å². The highest BCUT2D eigenvalue weighted by molar-refractivity contribution is 14.0. The Labute approximate surface area is 170 Å². The Kier molecular flexibility index (Phi) is 7.46. The van der Waals surface area contributed by atoms with Crippen molar-refractivity contribution >= 4 is 35.6 Å². The third-order valence-electron chi connectivity index (χ3n) is 3.73. The van der Waals surface area contributed by atoms with Gasteiger partial charge in [0.2, 0.25) is 0 Å². The molecule has 0 aliphatic heterocycles. The Morgan fingerprint density at radius 2 is 2.00 bits per heavy atom. The van der Waals surface area contributed by atoms with Gasteiger partial charge in [-0.15, -0.1) is 24.0 Å². The molecule has 0 bridgehead atoms. The van der Waals surface area contributed by atoms with Gasteiger partial charge >= 0.3 is 0 Å². The summed E-state index contributed by atoms with van der Waals surface area (Å²) in [6.07, 6.45) is 4.50. The zero-order chi connectivity index (χ0) is 17.5. The molecule has 3 aromatic rings. The van der Waals surface area contributed by atoms with E-state index in [1.54, 1.807) is 13.3 Å². The number of nitrogens with one attached hydrogen (secondary N) is 1. The van der Waals surface area contributed by atoms with Crippen LogP contribution in [0.3, 0.4) is 0 Å². The molecule has 0 atom stereocenters. The SMILES string of the molecule is COc1cccc(NC(N)=NCCc2ccc(-n3cccn3)cc2)c1.I. The molecule has 7 heteroatoms. The lowest BCUT2D eigenvalue weighted by Crippen LogP contribution is -2.23. The minimum absolute atomic E-state index is 0. The van der Waals surface area contributed by atoms with Crippen LogP contribution in [0.4, 0.5) is 5.69 Å². The van der Waals surface area contributed by atoms with E-state index in [9.17, 15) is 0 Å². The standard InChI is InChI=1S/C19H21N5O.HI/c1-25-18-5-2-4-16(14-18)23-19(20)21-12-10-15-6-8-17(9-7-15)24-13-3-11-22-24;/h2-9,11,13-14H,10,12H2,1H3,(H3,20,21,23);1H. The Balaban J connectivity index is 0.00000243. The summed E-state index contributed by atoms with van der Waals surface area (Å²) in [6.45, 7) is 0.615. The van der Waals surface area contributed by atoms with Crippen LogP contribution in [0.15, 0.2) is 72.0 Å². The van der Waals surface area contributed by atoms with E-state index in [-0.39, 0.29) is 24.0 Å². The number of hydrogen-bond acceptors (Lipinski definition) is 3. The van der Waals surface area contributed by atoms with Gasteiger partial charge in [-0.2, -0.15) is 5.10 Å². The minimum Gasteiger partial charge on any atom is -0.497 e. The molecule has 0 amide bonds. The highest BCUT2D eigenvalue weighted by Crippen LogP contribution is 2.16. The van der Waals surface area contributed by atoms with E-state index in [0.29, 0.717) is 12.5 Å². The average molecular weight is 463 g/mol. The van der Waals surface area contributed by atoms with Crippen LogP contribution < -0.4 is 15.8 Å². The van der Waals surface area contributed by atoms with Gasteiger partial charge < -0.3 is 15.8 Å². The molecule has 0 spiro atoms. The Hall–Kier alpha value is -2.55. The van der Waals surface area contributed by atoms with Gasteiger partial charge in [0.1, 0.15) is 5.75 Å². The van der Waals surface area contributed by atoms with Crippen LogP contribution in [-0.2, 0) is 6.42 Å². The molecule has 3 N–H and O–H groups in total. The maximum atomic E-state index is 5.94. The number of anilines is 1. The van der Waals surface area contributed by atoms with Gasteiger partial charge in [-0.05, 0) is 42.3 Å². The highest BCUT2D eigenvalue weighted by Gasteiger charge is 1.99. The summed E-state index contributed by atoms with van der Waals surface area (Å²) in [7, 11) is 1.63. The van der Waals surface area contributed by atoms with Crippen LogP contribution in [0.25, 0.3) is 5.69 Å². The fraction of sp³-hybridized carbons (Fsp3) is 0.158. The Morgan fingerprint density at radius 3 is 2.69 bits per heavy atom. The quantitative estimate of drug-likeness (QED) is 0.334. The number of methoxy groups -OCH3 is 1. The summed E-state index contributed by atoms with van der Waals surface area (Å²) in [5.74, 6) is 1.16. The van der Waals surface area contributed by atoms with E-state index >= 15 is 0 Å². The van der Waals surface area contributed by atoms with Crippen LogP contribution in [-0.4, -0.2) is 29.4 Å². The number of guanidine groups is 1. The fourth-order valence-electron chi connectivity index (χ4n) is 2.43. The van der Waals surface area contributed by atoms with Gasteiger partial charge in [0, 0.05) is 30.7 Å². The normalized spacial score (nSPS) is 10.9. The van der Waals surface area contributed by atoms with Crippen molar-refractivity contribution in [2.75, 3.05) is 19.0 Å². The molecular formula is C19H22IN5O. The topological polar surface area (TPSA) is 77.5 Å². The zero-order valence-corrected chi connectivity index (χ0v) is 16.8. The summed E-state index contributed by atoms with van der Waals surface area (Å²) in [5.41, 5.74) is 9.03. The monoisotopic (exact) mass is 463 g/mol. The molecule has 3 rings (SSSR count). The Bertz CT molecular complexity index is 831. The third-order valence-corrected chi connectivity index (χ3v) is 3.73. The molecule has 2 aromatic carbocycles. The van der Waals surface area contributed by atoms with Crippen LogP contribution in [0.5, 0.6) is 5.75 Å². The van der Waals surface area contributed by atoms with Crippen molar-refractivity contribution in [2.45, 2.75) is 6.42 Å². The molecule has 6 nitrogen and oxygen atoms in total. The summed E-state index contributed by atoms with van der Waals surface area (Å²) < 4.78 is 7.02. The number of aliphatic imine (C=N–C) groups is 1. The molecule has 0 saturated heterocycles. The summed E-state index contributed by atoms with van der Waals surface area (Å²) in [4.78, 5) is 4.37. The van der Waals surface area contributed by atoms with Crippen molar-refractivity contribution in [1.82, 2.24) is 9.78 Å². The van der Waals surface area contributed by atoms with Crippen molar-refractivity contribution in [3.8, 4) is 11.4 Å². The molecule has 136 valence electrons. The number of hydrogen-bond donors (Lipinski definition) is 2. The van der Waals surface area contributed by atoms with Gasteiger partial charge in [-0.1, -0.05) is 18.2 Å². The van der Waals surface area contributed by atoms with E-state index in [1.165, 1.54) is 5.56 Å². The first kappa shape index (κ1) is 19.8. The zero-order valence-electron chi connectivity index (χ0n) is 14.5. The number of aromatic nitrogens is 2. The van der Waals surface area contributed by atoms with Gasteiger partial charge in [-0.3, -0.25) is 4.99 Å². The van der Waals surface area contributed by atoms with Crippen molar-refractivity contribution in [2.24, 2.45) is 10.7 Å². The van der Waals surface area contributed by atoms with Crippen LogP contribution in [0, 0.1) is 0 Å². The second-order valence-corrected chi connectivity index (χ2v) is 5.49. The number of benzene rings is 2. The van der Waals surface area contributed by atoms with Crippen molar-refractivity contribution in [3.63, 3.8) is 0 Å². The molecule has 0 unspecified atom stereocenters. The highest BCUT2D eigenvalue weighted by atomic mass is 127. The van der Waals surface area contributed by atoms with Gasteiger partial charge in [-0.25, -0.2) is 4.68 Å². The van der Waals surface area contributed by atoms with Crippen LogP contribution in [0.1, 0.15) is 5.56 Å². The second kappa shape index (κ2) is 9.81. The van der Waals surface area contributed by atoms with Gasteiger partial charge in [0.15, 0.2) is 5.96 Å². The smallest absolute Gasteiger partial charge is 0.193 e. The molecule has 26 heavy (non-hydrogen) atoms. The number of ether oxygens (including phenoxy) is 1. The maximum absolute atomic E-state index is 5.94. The number of halogens is 1. The van der Waals surface area contributed by atoms with Crippen molar-refractivity contribution in [3.05, 3.63) is 72.6 Å². The largest absolute Gasteiger partial charge is 0.497 e. The number of nitrogens with zero attached hydrogens (tertiary/aromatic N) is 3. The van der Waals surface area contributed by atoms with E-state index in [4.69, 9.17) is 10.5 Å². The predicted molar refractivity (Wildman–Crippen MR) is 116 cm³/mol. The summed E-state index contributed by atoms with van der Waals surface area (Å²) in [5, 5.41) is 7.28. The first-order valence-electron chi connectivity index (χ1n) is 8.04. The molecule has 0 radical (unpaired) electrons.